The molecule has 18 heavy (non-hydrogen) atoms. The van der Waals surface area contributed by atoms with Crippen molar-refractivity contribution < 1.29 is 22.7 Å². The van der Waals surface area contributed by atoms with E-state index in [0.29, 0.717) is 16.9 Å². The molecule has 0 aliphatic rings. The SMILES string of the molecule is O=Cc1ncc(-c2cnc(OC(F)(F)F)cn2)s1. The molecule has 0 N–H and O–H groups in total. The van der Waals surface area contributed by atoms with Gasteiger partial charge < -0.3 is 4.74 Å². The van der Waals surface area contributed by atoms with E-state index in [0.717, 1.165) is 23.7 Å². The maximum Gasteiger partial charge on any atom is 0.574 e. The van der Waals surface area contributed by atoms with Crippen LogP contribution in [-0.4, -0.2) is 27.6 Å². The summed E-state index contributed by atoms with van der Waals surface area (Å²) in [5, 5.41) is 0.252. The number of hydrogen-bond donors (Lipinski definition) is 0. The predicted octanol–water partition coefficient (Wildman–Crippen LogP) is 2.31. The Morgan fingerprint density at radius 1 is 1.17 bits per heavy atom. The van der Waals surface area contributed by atoms with Gasteiger partial charge in [0.15, 0.2) is 11.3 Å². The van der Waals surface area contributed by atoms with E-state index in [4.69, 9.17) is 0 Å². The van der Waals surface area contributed by atoms with Gasteiger partial charge in [-0.3, -0.25) is 4.79 Å². The van der Waals surface area contributed by atoms with Gasteiger partial charge in [-0.05, 0) is 0 Å². The zero-order valence-corrected chi connectivity index (χ0v) is 9.33. The van der Waals surface area contributed by atoms with E-state index in [1.54, 1.807) is 0 Å². The molecule has 0 saturated carbocycles. The quantitative estimate of drug-likeness (QED) is 0.804. The molecular formula is C9H4F3N3O2S. The first-order valence-electron chi connectivity index (χ1n) is 4.47. The average molecular weight is 275 g/mol. The van der Waals surface area contributed by atoms with Crippen LogP contribution in [0.3, 0.4) is 0 Å². The number of ether oxygens (including phenoxy) is 1. The molecule has 0 saturated heterocycles. The minimum atomic E-state index is -4.80. The van der Waals surface area contributed by atoms with Gasteiger partial charge in [-0.1, -0.05) is 0 Å². The second-order valence-corrected chi connectivity index (χ2v) is 4.03. The van der Waals surface area contributed by atoms with Crippen LogP contribution in [0, 0.1) is 0 Å². The summed E-state index contributed by atoms with van der Waals surface area (Å²) in [6.07, 6.45) is -0.872. The molecule has 9 heteroatoms. The highest BCUT2D eigenvalue weighted by Crippen LogP contribution is 2.25. The van der Waals surface area contributed by atoms with E-state index < -0.39 is 12.2 Å². The first-order valence-corrected chi connectivity index (χ1v) is 5.29. The summed E-state index contributed by atoms with van der Waals surface area (Å²) in [6.45, 7) is 0. The molecule has 0 fully saturated rings. The molecule has 0 aliphatic carbocycles. The Morgan fingerprint density at radius 2 is 1.94 bits per heavy atom. The minimum absolute atomic E-state index is 0.252. The maximum absolute atomic E-state index is 11.9. The molecule has 0 spiro atoms. The van der Waals surface area contributed by atoms with Gasteiger partial charge >= 0.3 is 6.36 Å². The van der Waals surface area contributed by atoms with Crippen LogP contribution in [-0.2, 0) is 0 Å². The van der Waals surface area contributed by atoms with Crippen LogP contribution in [0.2, 0.25) is 0 Å². The molecule has 0 radical (unpaired) electrons. The lowest BCUT2D eigenvalue weighted by atomic mass is 10.4. The molecule has 2 heterocycles. The second-order valence-electron chi connectivity index (χ2n) is 2.97. The Labute approximate surface area is 102 Å². The lowest BCUT2D eigenvalue weighted by Crippen LogP contribution is -2.18. The van der Waals surface area contributed by atoms with E-state index in [2.05, 4.69) is 19.7 Å². The highest BCUT2D eigenvalue weighted by Gasteiger charge is 2.31. The van der Waals surface area contributed by atoms with Crippen LogP contribution >= 0.6 is 11.3 Å². The van der Waals surface area contributed by atoms with Gasteiger partial charge in [0, 0.05) is 6.20 Å². The summed E-state index contributed by atoms with van der Waals surface area (Å²) < 4.78 is 39.2. The van der Waals surface area contributed by atoms with Crippen LogP contribution in [0.5, 0.6) is 5.88 Å². The van der Waals surface area contributed by atoms with E-state index >= 15 is 0 Å². The summed E-state index contributed by atoms with van der Waals surface area (Å²) in [7, 11) is 0. The van der Waals surface area contributed by atoms with Gasteiger partial charge in [-0.15, -0.1) is 24.5 Å². The Kier molecular flexibility index (Phi) is 3.24. The lowest BCUT2D eigenvalue weighted by Gasteiger charge is -2.06. The van der Waals surface area contributed by atoms with Gasteiger partial charge in [0.05, 0.1) is 17.3 Å². The summed E-state index contributed by atoms with van der Waals surface area (Å²) in [5.41, 5.74) is 0.315. The van der Waals surface area contributed by atoms with E-state index in [1.807, 2.05) is 0 Å². The van der Waals surface area contributed by atoms with Gasteiger partial charge in [-0.25, -0.2) is 15.0 Å². The van der Waals surface area contributed by atoms with Crippen molar-refractivity contribution in [2.45, 2.75) is 6.36 Å². The van der Waals surface area contributed by atoms with E-state index in [9.17, 15) is 18.0 Å². The first-order chi connectivity index (χ1) is 8.48. The first kappa shape index (κ1) is 12.4. The van der Waals surface area contributed by atoms with Crippen LogP contribution in [0.4, 0.5) is 13.2 Å². The van der Waals surface area contributed by atoms with E-state index in [1.165, 1.54) is 6.20 Å². The predicted molar refractivity (Wildman–Crippen MR) is 55.2 cm³/mol. The smallest absolute Gasteiger partial charge is 0.386 e. The number of halogens is 3. The molecule has 2 aromatic heterocycles. The van der Waals surface area contributed by atoms with Crippen molar-refractivity contribution in [3.63, 3.8) is 0 Å². The highest BCUT2D eigenvalue weighted by molar-refractivity contribution is 7.16. The van der Waals surface area contributed by atoms with Gasteiger partial charge in [-0.2, -0.15) is 0 Å². The summed E-state index contributed by atoms with van der Waals surface area (Å²) >= 11 is 1.06. The number of thiazole rings is 1. The van der Waals surface area contributed by atoms with E-state index in [-0.39, 0.29) is 5.01 Å². The fourth-order valence-electron chi connectivity index (χ4n) is 1.08. The third-order valence-corrected chi connectivity index (χ3v) is 2.67. The Balaban J connectivity index is 2.19. The van der Waals surface area contributed by atoms with Crippen LogP contribution in [0.15, 0.2) is 18.6 Å². The fraction of sp³-hybridized carbons (Fsp3) is 0.111. The highest BCUT2D eigenvalue weighted by atomic mass is 32.1. The number of alkyl halides is 3. The topological polar surface area (TPSA) is 65.0 Å². The zero-order chi connectivity index (χ0) is 13.2. The van der Waals surface area contributed by atoms with Gasteiger partial charge in [0.1, 0.15) is 5.69 Å². The molecule has 0 bridgehead atoms. The van der Waals surface area contributed by atoms with Gasteiger partial charge in [0.25, 0.3) is 0 Å². The van der Waals surface area contributed by atoms with Crippen molar-refractivity contribution in [2.75, 3.05) is 0 Å². The number of nitrogens with zero attached hydrogens (tertiary/aromatic N) is 3. The molecule has 2 aromatic rings. The molecule has 0 unspecified atom stereocenters. The molecule has 0 aromatic carbocycles. The maximum atomic E-state index is 11.9. The molecule has 0 amide bonds. The molecule has 0 aliphatic heterocycles. The summed E-state index contributed by atoms with van der Waals surface area (Å²) in [5.74, 6) is -0.647. The number of rotatable bonds is 3. The Bertz CT molecular complexity index is 553. The van der Waals surface area contributed by atoms with Crippen molar-refractivity contribution in [1.29, 1.82) is 0 Å². The molecule has 2 rings (SSSR count). The number of aldehydes is 1. The number of hydrogen-bond acceptors (Lipinski definition) is 6. The number of carbonyl (C=O) groups is 1. The summed E-state index contributed by atoms with van der Waals surface area (Å²) in [4.78, 5) is 21.9. The fourth-order valence-corrected chi connectivity index (χ4v) is 1.77. The minimum Gasteiger partial charge on any atom is -0.386 e. The standard InChI is InChI=1S/C9H4F3N3O2S/c10-9(11,12)17-7-3-13-5(1-14-7)6-2-15-8(4-16)18-6/h1-4H. The second kappa shape index (κ2) is 4.69. The largest absolute Gasteiger partial charge is 0.574 e. The molecular weight excluding hydrogens is 271 g/mol. The van der Waals surface area contributed by atoms with Gasteiger partial charge in [0.2, 0.25) is 5.88 Å². The molecule has 5 nitrogen and oxygen atoms in total. The van der Waals surface area contributed by atoms with Crippen LogP contribution in [0.1, 0.15) is 9.80 Å². The van der Waals surface area contributed by atoms with Crippen LogP contribution in [0.25, 0.3) is 10.6 Å². The normalized spacial score (nSPS) is 11.3. The summed E-state index contributed by atoms with van der Waals surface area (Å²) in [6, 6.07) is 0. The van der Waals surface area contributed by atoms with Crippen molar-refractivity contribution >= 4 is 17.6 Å². The van der Waals surface area contributed by atoms with Crippen molar-refractivity contribution in [1.82, 2.24) is 15.0 Å². The third-order valence-electron chi connectivity index (χ3n) is 1.73. The van der Waals surface area contributed by atoms with Crippen molar-refractivity contribution in [2.24, 2.45) is 0 Å². The Morgan fingerprint density at radius 3 is 2.44 bits per heavy atom. The van der Waals surface area contributed by atoms with Crippen LogP contribution < -0.4 is 4.74 Å². The lowest BCUT2D eigenvalue weighted by molar-refractivity contribution is -0.276. The Hall–Kier alpha value is -2.03. The number of carbonyl (C=O) groups excluding carboxylic acids is 1. The average Bonchev–Trinajstić information content (AvgIpc) is 2.76. The molecule has 94 valence electrons. The molecule has 0 atom stereocenters. The third kappa shape index (κ3) is 3.00. The van der Waals surface area contributed by atoms with Crippen molar-refractivity contribution in [3.8, 4) is 16.5 Å². The zero-order valence-electron chi connectivity index (χ0n) is 8.51. The van der Waals surface area contributed by atoms with Crippen molar-refractivity contribution in [3.05, 3.63) is 23.6 Å². The monoisotopic (exact) mass is 275 g/mol. The number of aromatic nitrogens is 3.